The number of nitrogen functional groups attached to an aromatic ring is 1. The zero-order valence-corrected chi connectivity index (χ0v) is 8.62. The molecule has 0 fully saturated rings. The van der Waals surface area contributed by atoms with Gasteiger partial charge in [-0.25, -0.2) is 0 Å². The van der Waals surface area contributed by atoms with E-state index in [1.807, 2.05) is 0 Å². The Morgan fingerprint density at radius 2 is 2.27 bits per heavy atom. The highest BCUT2D eigenvalue weighted by molar-refractivity contribution is 5.99. The number of carbonyl (C=O) groups is 1. The maximum Gasteiger partial charge on any atom is 0.250 e. The Morgan fingerprint density at radius 1 is 1.53 bits per heavy atom. The first-order chi connectivity index (χ1) is 7.15. The van der Waals surface area contributed by atoms with E-state index in [0.29, 0.717) is 30.1 Å². The number of nitrogens with one attached hydrogen (secondary N) is 1. The smallest absolute Gasteiger partial charge is 0.250 e. The minimum atomic E-state index is -0.477. The fourth-order valence-corrected chi connectivity index (χ4v) is 1.21. The molecule has 0 unspecified atom stereocenters. The van der Waals surface area contributed by atoms with Gasteiger partial charge in [0.1, 0.15) is 0 Å². The highest BCUT2D eigenvalue weighted by atomic mass is 16.5. The van der Waals surface area contributed by atoms with Gasteiger partial charge in [0.2, 0.25) is 0 Å². The molecule has 1 aromatic carbocycles. The van der Waals surface area contributed by atoms with Crippen LogP contribution in [0.1, 0.15) is 10.4 Å². The van der Waals surface area contributed by atoms with Crippen LogP contribution in [-0.4, -0.2) is 26.2 Å². The third-order valence-electron chi connectivity index (χ3n) is 1.93. The van der Waals surface area contributed by atoms with Gasteiger partial charge in [-0.1, -0.05) is 0 Å². The van der Waals surface area contributed by atoms with Crippen LogP contribution in [0.25, 0.3) is 0 Å². The largest absolute Gasteiger partial charge is 0.399 e. The zero-order chi connectivity index (χ0) is 11.3. The van der Waals surface area contributed by atoms with Crippen molar-refractivity contribution in [1.82, 2.24) is 0 Å². The minimum absolute atomic E-state index is 0.431. The second kappa shape index (κ2) is 5.21. The Morgan fingerprint density at radius 3 is 2.87 bits per heavy atom. The number of ether oxygens (including phenoxy) is 1. The minimum Gasteiger partial charge on any atom is -0.399 e. The van der Waals surface area contributed by atoms with Gasteiger partial charge in [0.25, 0.3) is 5.91 Å². The summed E-state index contributed by atoms with van der Waals surface area (Å²) in [6, 6.07) is 4.92. The maximum atomic E-state index is 11.1. The molecule has 0 aromatic heterocycles. The molecule has 0 atom stereocenters. The van der Waals surface area contributed by atoms with Crippen LogP contribution < -0.4 is 16.8 Å². The predicted molar refractivity (Wildman–Crippen MR) is 59.7 cm³/mol. The first-order valence-electron chi connectivity index (χ1n) is 4.57. The molecule has 0 aliphatic rings. The summed E-state index contributed by atoms with van der Waals surface area (Å²) in [5.41, 5.74) is 12.5. The summed E-state index contributed by atoms with van der Waals surface area (Å²) >= 11 is 0. The van der Waals surface area contributed by atoms with E-state index in [-0.39, 0.29) is 0 Å². The Labute approximate surface area is 88.4 Å². The quantitative estimate of drug-likeness (QED) is 0.484. The number of benzene rings is 1. The third kappa shape index (κ3) is 3.14. The van der Waals surface area contributed by atoms with Gasteiger partial charge in [-0.05, 0) is 18.2 Å². The van der Waals surface area contributed by atoms with Crippen molar-refractivity contribution < 1.29 is 9.53 Å². The van der Waals surface area contributed by atoms with Gasteiger partial charge in [-0.2, -0.15) is 0 Å². The normalized spacial score (nSPS) is 9.93. The molecule has 0 saturated heterocycles. The van der Waals surface area contributed by atoms with Gasteiger partial charge >= 0.3 is 0 Å². The van der Waals surface area contributed by atoms with E-state index < -0.39 is 5.91 Å². The van der Waals surface area contributed by atoms with Crippen LogP contribution in [0.4, 0.5) is 11.4 Å². The second-order valence-corrected chi connectivity index (χ2v) is 3.09. The number of anilines is 2. The summed E-state index contributed by atoms with van der Waals surface area (Å²) in [6.45, 7) is 1.15. The fourth-order valence-electron chi connectivity index (χ4n) is 1.21. The van der Waals surface area contributed by atoms with Gasteiger partial charge in [0, 0.05) is 25.0 Å². The summed E-state index contributed by atoms with van der Waals surface area (Å²) in [5, 5.41) is 3.03. The molecule has 0 bridgehead atoms. The Balaban J connectivity index is 2.82. The van der Waals surface area contributed by atoms with Crippen LogP contribution in [0.3, 0.4) is 0 Å². The van der Waals surface area contributed by atoms with Crippen LogP contribution in [0.2, 0.25) is 0 Å². The van der Waals surface area contributed by atoms with Crippen molar-refractivity contribution >= 4 is 17.3 Å². The molecule has 0 aliphatic carbocycles. The average molecular weight is 209 g/mol. The lowest BCUT2D eigenvalue weighted by Gasteiger charge is -2.10. The van der Waals surface area contributed by atoms with Crippen molar-refractivity contribution in [2.24, 2.45) is 5.73 Å². The van der Waals surface area contributed by atoms with E-state index >= 15 is 0 Å². The van der Waals surface area contributed by atoms with Crippen LogP contribution in [0, 0.1) is 0 Å². The molecule has 1 amide bonds. The van der Waals surface area contributed by atoms with Crippen molar-refractivity contribution in [3.8, 4) is 0 Å². The molecule has 0 spiro atoms. The molecule has 0 radical (unpaired) electrons. The van der Waals surface area contributed by atoms with E-state index in [1.165, 1.54) is 0 Å². The number of rotatable bonds is 5. The fraction of sp³-hybridized carbons (Fsp3) is 0.300. The number of hydrogen-bond acceptors (Lipinski definition) is 4. The van der Waals surface area contributed by atoms with Crippen LogP contribution >= 0.6 is 0 Å². The maximum absolute atomic E-state index is 11.1. The Bertz CT molecular complexity index is 353. The molecule has 0 saturated carbocycles. The molecular formula is C10H15N3O2. The highest BCUT2D eigenvalue weighted by Crippen LogP contribution is 2.18. The van der Waals surface area contributed by atoms with Gasteiger partial charge < -0.3 is 21.5 Å². The molecule has 82 valence electrons. The summed E-state index contributed by atoms with van der Waals surface area (Å²) in [5.74, 6) is -0.477. The number of carbonyl (C=O) groups excluding carboxylic acids is 1. The average Bonchev–Trinajstić information content (AvgIpc) is 2.18. The summed E-state index contributed by atoms with van der Waals surface area (Å²) < 4.78 is 4.88. The monoisotopic (exact) mass is 209 g/mol. The standard InChI is InChI=1S/C10H15N3O2/c1-15-5-4-13-9-6-7(11)2-3-8(9)10(12)14/h2-3,6,13H,4-5,11H2,1H3,(H2,12,14). The van der Waals surface area contributed by atoms with Crippen LogP contribution in [0.15, 0.2) is 18.2 Å². The predicted octanol–water partition coefficient (Wildman–Crippen LogP) is 0.426. The Kier molecular flexibility index (Phi) is 3.93. The van der Waals surface area contributed by atoms with Crippen molar-refractivity contribution in [1.29, 1.82) is 0 Å². The van der Waals surface area contributed by atoms with Crippen molar-refractivity contribution in [3.05, 3.63) is 23.8 Å². The first-order valence-corrected chi connectivity index (χ1v) is 4.57. The third-order valence-corrected chi connectivity index (χ3v) is 1.93. The van der Waals surface area contributed by atoms with Crippen molar-refractivity contribution in [2.75, 3.05) is 31.3 Å². The molecule has 15 heavy (non-hydrogen) atoms. The van der Waals surface area contributed by atoms with Crippen molar-refractivity contribution in [3.63, 3.8) is 0 Å². The molecule has 5 heteroatoms. The zero-order valence-electron chi connectivity index (χ0n) is 8.62. The van der Waals surface area contributed by atoms with Gasteiger partial charge in [-0.15, -0.1) is 0 Å². The second-order valence-electron chi connectivity index (χ2n) is 3.09. The van der Waals surface area contributed by atoms with Gasteiger partial charge in [0.15, 0.2) is 0 Å². The van der Waals surface area contributed by atoms with E-state index in [0.717, 1.165) is 0 Å². The summed E-state index contributed by atoms with van der Waals surface area (Å²) in [7, 11) is 1.61. The van der Waals surface area contributed by atoms with E-state index in [4.69, 9.17) is 16.2 Å². The van der Waals surface area contributed by atoms with Gasteiger partial charge in [-0.3, -0.25) is 4.79 Å². The molecule has 1 aromatic rings. The number of methoxy groups -OCH3 is 1. The number of nitrogens with two attached hydrogens (primary N) is 2. The summed E-state index contributed by atoms with van der Waals surface area (Å²) in [6.07, 6.45) is 0. The van der Waals surface area contributed by atoms with E-state index in [9.17, 15) is 4.79 Å². The van der Waals surface area contributed by atoms with Crippen LogP contribution in [0.5, 0.6) is 0 Å². The number of hydrogen-bond donors (Lipinski definition) is 3. The van der Waals surface area contributed by atoms with Crippen LogP contribution in [-0.2, 0) is 4.74 Å². The Hall–Kier alpha value is -1.75. The molecule has 0 heterocycles. The molecule has 0 aliphatic heterocycles. The lowest BCUT2D eigenvalue weighted by Crippen LogP contribution is -2.16. The van der Waals surface area contributed by atoms with Crippen molar-refractivity contribution in [2.45, 2.75) is 0 Å². The lowest BCUT2D eigenvalue weighted by molar-refractivity contribution is 0.100. The van der Waals surface area contributed by atoms with E-state index in [2.05, 4.69) is 5.32 Å². The molecular weight excluding hydrogens is 194 g/mol. The topological polar surface area (TPSA) is 90.4 Å². The molecule has 5 N–H and O–H groups in total. The molecule has 5 nitrogen and oxygen atoms in total. The van der Waals surface area contributed by atoms with Gasteiger partial charge in [0.05, 0.1) is 12.2 Å². The lowest BCUT2D eigenvalue weighted by atomic mass is 10.1. The SMILES string of the molecule is COCCNc1cc(N)ccc1C(N)=O. The number of primary amides is 1. The highest BCUT2D eigenvalue weighted by Gasteiger charge is 2.07. The van der Waals surface area contributed by atoms with E-state index in [1.54, 1.807) is 25.3 Å². The first kappa shape index (κ1) is 11.3. The molecule has 1 rings (SSSR count). The summed E-state index contributed by atoms with van der Waals surface area (Å²) in [4.78, 5) is 11.1. The number of amides is 1.